The summed E-state index contributed by atoms with van der Waals surface area (Å²) in [5, 5.41) is 23.3. The summed E-state index contributed by atoms with van der Waals surface area (Å²) in [6.45, 7) is 4.90. The number of ether oxygens (including phenoxy) is 1. The molecule has 0 aromatic rings. The van der Waals surface area contributed by atoms with Crippen LogP contribution in [0.3, 0.4) is 0 Å². The summed E-state index contributed by atoms with van der Waals surface area (Å²) >= 11 is 0. The van der Waals surface area contributed by atoms with E-state index in [0.29, 0.717) is 25.9 Å². The van der Waals surface area contributed by atoms with Crippen molar-refractivity contribution in [3.63, 3.8) is 0 Å². The second kappa shape index (κ2) is 55.7. The van der Waals surface area contributed by atoms with Crippen LogP contribution in [0.5, 0.6) is 0 Å². The van der Waals surface area contributed by atoms with E-state index in [1.807, 2.05) is 0 Å². The highest BCUT2D eigenvalue weighted by Gasteiger charge is 2.20. The number of carbonyl (C=O) groups is 2. The van der Waals surface area contributed by atoms with E-state index < -0.39 is 12.1 Å². The number of allylic oxidation sites excluding steroid dienone is 6. The van der Waals surface area contributed by atoms with Crippen LogP contribution >= 0.6 is 0 Å². The Balaban J connectivity index is 3.50. The first-order valence-corrected chi connectivity index (χ1v) is 29.2. The quantitative estimate of drug-likeness (QED) is 0.0321. The molecule has 6 heteroatoms. The summed E-state index contributed by atoms with van der Waals surface area (Å²) in [4.78, 5) is 24.5. The van der Waals surface area contributed by atoms with E-state index in [1.54, 1.807) is 0 Å². The van der Waals surface area contributed by atoms with Crippen LogP contribution in [0, 0.1) is 0 Å². The van der Waals surface area contributed by atoms with Crippen molar-refractivity contribution in [2.24, 2.45) is 0 Å². The first-order chi connectivity index (χ1) is 32.5. The van der Waals surface area contributed by atoms with Gasteiger partial charge in [-0.05, 0) is 83.5 Å². The van der Waals surface area contributed by atoms with Gasteiger partial charge >= 0.3 is 5.97 Å². The van der Waals surface area contributed by atoms with Crippen molar-refractivity contribution >= 4 is 11.9 Å². The first kappa shape index (κ1) is 64.1. The van der Waals surface area contributed by atoms with E-state index in [9.17, 15) is 19.8 Å². The molecule has 3 N–H and O–H groups in total. The Morgan fingerprint density at radius 1 is 0.424 bits per heavy atom. The van der Waals surface area contributed by atoms with E-state index in [2.05, 4.69) is 55.6 Å². The molecule has 66 heavy (non-hydrogen) atoms. The molecule has 0 spiro atoms. The number of carbonyl (C=O) groups excluding carboxylic acids is 2. The van der Waals surface area contributed by atoms with Gasteiger partial charge in [-0.3, -0.25) is 9.59 Å². The molecule has 0 saturated carbocycles. The molecule has 1 amide bonds. The van der Waals surface area contributed by atoms with Crippen LogP contribution in [-0.2, 0) is 14.3 Å². The van der Waals surface area contributed by atoms with Crippen molar-refractivity contribution in [3.8, 4) is 0 Å². The first-order valence-electron chi connectivity index (χ1n) is 29.2. The molecule has 0 aromatic carbocycles. The zero-order valence-corrected chi connectivity index (χ0v) is 44.2. The van der Waals surface area contributed by atoms with Gasteiger partial charge in [-0.25, -0.2) is 0 Å². The second-order valence-electron chi connectivity index (χ2n) is 20.0. The molecular formula is C60H113NO5. The van der Waals surface area contributed by atoms with E-state index in [1.165, 1.54) is 193 Å². The van der Waals surface area contributed by atoms with Crippen LogP contribution in [-0.4, -0.2) is 47.4 Å². The van der Waals surface area contributed by atoms with Crippen molar-refractivity contribution in [3.05, 3.63) is 36.5 Å². The SMILES string of the molecule is CCCCCC/C=C\C/C=C\CCCCCCCC(=O)OCCCCCCCC/C=C\CCCCCC(=O)NC(CO)C(O)CCCCCCCCCCCCCCCCCCCCCC. The Morgan fingerprint density at radius 3 is 1.20 bits per heavy atom. The van der Waals surface area contributed by atoms with Gasteiger partial charge in [-0.1, -0.05) is 249 Å². The third-order valence-electron chi connectivity index (χ3n) is 13.4. The molecule has 0 radical (unpaired) electrons. The molecule has 0 bridgehead atoms. The molecule has 0 aliphatic rings. The number of esters is 1. The Kier molecular flexibility index (Phi) is 54.1. The van der Waals surface area contributed by atoms with Crippen LogP contribution in [0.2, 0.25) is 0 Å². The molecular weight excluding hydrogens is 815 g/mol. The van der Waals surface area contributed by atoms with Gasteiger partial charge in [0.05, 0.1) is 25.4 Å². The van der Waals surface area contributed by atoms with Gasteiger partial charge in [0.15, 0.2) is 0 Å². The normalized spacial score (nSPS) is 12.8. The third-order valence-corrected chi connectivity index (χ3v) is 13.4. The summed E-state index contributed by atoms with van der Waals surface area (Å²) in [6, 6.07) is -0.564. The molecule has 6 nitrogen and oxygen atoms in total. The zero-order chi connectivity index (χ0) is 47.9. The minimum Gasteiger partial charge on any atom is -0.466 e. The van der Waals surface area contributed by atoms with Crippen LogP contribution in [0.15, 0.2) is 36.5 Å². The van der Waals surface area contributed by atoms with Gasteiger partial charge in [-0.2, -0.15) is 0 Å². The van der Waals surface area contributed by atoms with Crippen molar-refractivity contribution < 1.29 is 24.5 Å². The van der Waals surface area contributed by atoms with E-state index >= 15 is 0 Å². The Bertz CT molecular complexity index is 1070. The summed E-state index contributed by atoms with van der Waals surface area (Å²) in [7, 11) is 0. The number of aliphatic hydroxyl groups excluding tert-OH is 2. The van der Waals surface area contributed by atoms with Gasteiger partial charge in [0.2, 0.25) is 5.91 Å². The van der Waals surface area contributed by atoms with E-state index in [0.717, 1.165) is 83.5 Å². The number of unbranched alkanes of at least 4 members (excludes halogenated alkanes) is 37. The van der Waals surface area contributed by atoms with Gasteiger partial charge < -0.3 is 20.3 Å². The number of hydrogen-bond donors (Lipinski definition) is 3. The molecule has 2 unspecified atom stereocenters. The predicted molar refractivity (Wildman–Crippen MR) is 287 cm³/mol. The molecule has 388 valence electrons. The summed E-state index contributed by atoms with van der Waals surface area (Å²) in [6.07, 6.45) is 68.4. The third kappa shape index (κ3) is 51.5. The maximum absolute atomic E-state index is 12.5. The van der Waals surface area contributed by atoms with Crippen molar-refractivity contribution in [1.82, 2.24) is 5.32 Å². The minimum atomic E-state index is -0.683. The summed E-state index contributed by atoms with van der Waals surface area (Å²) in [5.41, 5.74) is 0. The van der Waals surface area contributed by atoms with Crippen LogP contribution in [0.1, 0.15) is 309 Å². The fourth-order valence-corrected chi connectivity index (χ4v) is 8.90. The number of hydrogen-bond acceptors (Lipinski definition) is 5. The molecule has 0 fully saturated rings. The maximum Gasteiger partial charge on any atom is 0.305 e. The standard InChI is InChI=1S/C60H113NO5/c1-3-5-7-9-11-13-15-17-19-21-22-23-24-25-28-32-36-40-44-48-52-58(63)57(56-62)61-59(64)53-49-45-41-37-33-29-27-31-35-39-43-47-51-55-66-60(65)54-50-46-42-38-34-30-26-20-18-16-14-12-10-8-6-4-2/h14,16,20,26,29,33,57-58,62-63H,3-13,15,17-19,21-25,27-28,30-32,34-56H2,1-2H3,(H,61,64)/b16-14-,26-20-,33-29-. The Labute approximate surface area is 411 Å². The fourth-order valence-electron chi connectivity index (χ4n) is 8.90. The molecule has 0 aromatic heterocycles. The van der Waals surface area contributed by atoms with Gasteiger partial charge in [0.1, 0.15) is 0 Å². The largest absolute Gasteiger partial charge is 0.466 e. The Hall–Kier alpha value is -1.92. The van der Waals surface area contributed by atoms with Gasteiger partial charge in [-0.15, -0.1) is 0 Å². The predicted octanol–water partition coefficient (Wildman–Crippen LogP) is 18.0. The topological polar surface area (TPSA) is 95.9 Å². The number of amides is 1. The van der Waals surface area contributed by atoms with Crippen LogP contribution < -0.4 is 5.32 Å². The zero-order valence-electron chi connectivity index (χ0n) is 44.2. The monoisotopic (exact) mass is 928 g/mol. The Morgan fingerprint density at radius 2 is 0.758 bits per heavy atom. The van der Waals surface area contributed by atoms with Gasteiger partial charge in [0.25, 0.3) is 0 Å². The molecule has 0 aliphatic heterocycles. The lowest BCUT2D eigenvalue weighted by atomic mass is 10.0. The summed E-state index contributed by atoms with van der Waals surface area (Å²) in [5.74, 6) is -0.0895. The number of rotatable bonds is 54. The fraction of sp³-hybridized carbons (Fsp3) is 0.867. The van der Waals surface area contributed by atoms with Crippen LogP contribution in [0.25, 0.3) is 0 Å². The smallest absolute Gasteiger partial charge is 0.305 e. The average molecular weight is 929 g/mol. The highest BCUT2D eigenvalue weighted by atomic mass is 16.5. The van der Waals surface area contributed by atoms with Crippen molar-refractivity contribution in [2.45, 2.75) is 321 Å². The lowest BCUT2D eigenvalue weighted by Gasteiger charge is -2.22. The van der Waals surface area contributed by atoms with Gasteiger partial charge in [0, 0.05) is 12.8 Å². The molecule has 0 aliphatic carbocycles. The lowest BCUT2D eigenvalue weighted by Crippen LogP contribution is -2.45. The lowest BCUT2D eigenvalue weighted by molar-refractivity contribution is -0.143. The maximum atomic E-state index is 12.5. The average Bonchev–Trinajstić information content (AvgIpc) is 3.32. The highest BCUT2D eigenvalue weighted by molar-refractivity contribution is 5.76. The number of nitrogens with one attached hydrogen (secondary N) is 1. The highest BCUT2D eigenvalue weighted by Crippen LogP contribution is 2.17. The molecule has 2 atom stereocenters. The summed E-state index contributed by atoms with van der Waals surface area (Å²) < 4.78 is 5.46. The van der Waals surface area contributed by atoms with Crippen molar-refractivity contribution in [1.29, 1.82) is 0 Å². The molecule has 0 heterocycles. The number of aliphatic hydroxyl groups is 2. The van der Waals surface area contributed by atoms with E-state index in [-0.39, 0.29) is 18.5 Å². The van der Waals surface area contributed by atoms with E-state index in [4.69, 9.17) is 4.74 Å². The second-order valence-corrected chi connectivity index (χ2v) is 20.0. The minimum absolute atomic E-state index is 0.0257. The van der Waals surface area contributed by atoms with Crippen LogP contribution in [0.4, 0.5) is 0 Å². The van der Waals surface area contributed by atoms with Crippen molar-refractivity contribution in [2.75, 3.05) is 13.2 Å². The molecule has 0 rings (SSSR count). The molecule has 0 saturated heterocycles.